The molecule has 5 heteroatoms. The number of non-ortho nitro benzene ring substituents is 1. The monoisotopic (exact) mass is 264 g/mol. The van der Waals surface area contributed by atoms with E-state index in [1.807, 2.05) is 13.0 Å². The molecule has 0 saturated heterocycles. The molecule has 1 atom stereocenters. The predicted molar refractivity (Wildman–Crippen MR) is 73.1 cm³/mol. The van der Waals surface area contributed by atoms with Crippen molar-refractivity contribution in [1.29, 1.82) is 0 Å². The summed E-state index contributed by atoms with van der Waals surface area (Å²) >= 11 is 0. The minimum atomic E-state index is -0.366. The van der Waals surface area contributed by atoms with Crippen LogP contribution in [0.2, 0.25) is 0 Å². The van der Waals surface area contributed by atoms with Gasteiger partial charge in [-0.3, -0.25) is 10.1 Å². The molecule has 19 heavy (non-hydrogen) atoms. The summed E-state index contributed by atoms with van der Waals surface area (Å²) in [6.07, 6.45) is 2.61. The van der Waals surface area contributed by atoms with Crippen LogP contribution in [0.25, 0.3) is 0 Å². The zero-order valence-corrected chi connectivity index (χ0v) is 11.2. The molecular weight excluding hydrogens is 244 g/mol. The fourth-order valence-corrected chi connectivity index (χ4v) is 1.91. The molecular formula is C14H20N2O3. The molecule has 1 aromatic rings. The second-order valence-electron chi connectivity index (χ2n) is 5.05. The third-order valence-electron chi connectivity index (χ3n) is 3.33. The molecule has 1 saturated carbocycles. The average Bonchev–Trinajstić information content (AvgIpc) is 3.22. The normalized spacial score (nSPS) is 16.3. The Bertz CT molecular complexity index is 432. The molecule has 0 spiro atoms. The van der Waals surface area contributed by atoms with Crippen molar-refractivity contribution < 1.29 is 9.66 Å². The van der Waals surface area contributed by atoms with Gasteiger partial charge in [0.05, 0.1) is 11.5 Å². The molecule has 1 aliphatic carbocycles. The fraction of sp³-hybridized carbons (Fsp3) is 0.571. The lowest BCUT2D eigenvalue weighted by Gasteiger charge is -2.14. The van der Waals surface area contributed by atoms with Crippen LogP contribution >= 0.6 is 0 Å². The van der Waals surface area contributed by atoms with Gasteiger partial charge >= 0.3 is 0 Å². The summed E-state index contributed by atoms with van der Waals surface area (Å²) in [6, 6.07) is 6.83. The van der Waals surface area contributed by atoms with Crippen LogP contribution in [0.3, 0.4) is 0 Å². The lowest BCUT2D eigenvalue weighted by atomic mass is 10.1. The van der Waals surface area contributed by atoms with Crippen LogP contribution in [0.1, 0.15) is 31.4 Å². The van der Waals surface area contributed by atoms with E-state index in [0.717, 1.165) is 24.6 Å². The van der Waals surface area contributed by atoms with Crippen molar-refractivity contribution in [2.45, 2.75) is 25.8 Å². The van der Waals surface area contributed by atoms with Crippen molar-refractivity contribution in [3.63, 3.8) is 0 Å². The van der Waals surface area contributed by atoms with Gasteiger partial charge in [-0.1, -0.05) is 12.1 Å². The Kier molecular flexibility index (Phi) is 4.87. The van der Waals surface area contributed by atoms with Gasteiger partial charge in [-0.05, 0) is 31.2 Å². The van der Waals surface area contributed by atoms with Crippen molar-refractivity contribution in [1.82, 2.24) is 5.32 Å². The average molecular weight is 264 g/mol. The van der Waals surface area contributed by atoms with Gasteiger partial charge in [0, 0.05) is 31.3 Å². The lowest BCUT2D eigenvalue weighted by molar-refractivity contribution is -0.384. The molecule has 0 aliphatic heterocycles. The number of nitro groups is 1. The highest BCUT2D eigenvalue weighted by Gasteiger charge is 2.20. The molecule has 2 rings (SSSR count). The first-order valence-corrected chi connectivity index (χ1v) is 6.72. The number of nitrogens with zero attached hydrogens (tertiary/aromatic N) is 1. The molecule has 1 fully saturated rings. The van der Waals surface area contributed by atoms with Crippen LogP contribution < -0.4 is 5.32 Å². The topological polar surface area (TPSA) is 64.4 Å². The molecule has 1 aliphatic rings. The third-order valence-corrected chi connectivity index (χ3v) is 3.33. The van der Waals surface area contributed by atoms with Gasteiger partial charge < -0.3 is 10.1 Å². The predicted octanol–water partition coefficient (Wildman–Crippen LogP) is 2.67. The number of hydrogen-bond acceptors (Lipinski definition) is 4. The van der Waals surface area contributed by atoms with E-state index < -0.39 is 0 Å². The Morgan fingerprint density at radius 1 is 1.53 bits per heavy atom. The van der Waals surface area contributed by atoms with Crippen LogP contribution in [-0.4, -0.2) is 24.7 Å². The molecule has 0 aromatic heterocycles. The number of ether oxygens (including phenoxy) is 1. The van der Waals surface area contributed by atoms with Crippen LogP contribution in [0.15, 0.2) is 24.3 Å². The van der Waals surface area contributed by atoms with Crippen molar-refractivity contribution >= 4 is 5.69 Å². The second-order valence-corrected chi connectivity index (χ2v) is 5.05. The van der Waals surface area contributed by atoms with Gasteiger partial charge in [0.15, 0.2) is 0 Å². The summed E-state index contributed by atoms with van der Waals surface area (Å²) in [5.41, 5.74) is 1.06. The van der Waals surface area contributed by atoms with Crippen molar-refractivity contribution in [3.8, 4) is 0 Å². The van der Waals surface area contributed by atoms with Gasteiger partial charge in [-0.25, -0.2) is 0 Å². The quantitative estimate of drug-likeness (QED) is 0.445. The first-order valence-electron chi connectivity index (χ1n) is 6.72. The summed E-state index contributed by atoms with van der Waals surface area (Å²) in [6.45, 7) is 4.32. The largest absolute Gasteiger partial charge is 0.380 e. The van der Waals surface area contributed by atoms with Gasteiger partial charge in [0.1, 0.15) is 0 Å². The minimum Gasteiger partial charge on any atom is -0.380 e. The van der Waals surface area contributed by atoms with Crippen LogP contribution in [-0.2, 0) is 4.74 Å². The maximum absolute atomic E-state index is 10.7. The molecule has 0 amide bonds. The SMILES string of the molecule is CC(NCCOCC1CC1)c1cccc([N+](=O)[O-])c1. The smallest absolute Gasteiger partial charge is 0.269 e. The Labute approximate surface area is 113 Å². The zero-order chi connectivity index (χ0) is 13.7. The van der Waals surface area contributed by atoms with E-state index in [4.69, 9.17) is 4.74 Å². The molecule has 0 radical (unpaired) electrons. The molecule has 1 unspecified atom stereocenters. The van der Waals surface area contributed by atoms with E-state index in [9.17, 15) is 10.1 Å². The Morgan fingerprint density at radius 2 is 2.32 bits per heavy atom. The summed E-state index contributed by atoms with van der Waals surface area (Å²) in [7, 11) is 0. The summed E-state index contributed by atoms with van der Waals surface area (Å²) < 4.78 is 5.54. The Hall–Kier alpha value is -1.46. The number of hydrogen-bond donors (Lipinski definition) is 1. The highest BCUT2D eigenvalue weighted by molar-refractivity contribution is 5.35. The first-order chi connectivity index (χ1) is 9.16. The van der Waals surface area contributed by atoms with E-state index >= 15 is 0 Å². The Balaban J connectivity index is 1.73. The highest BCUT2D eigenvalue weighted by atomic mass is 16.6. The van der Waals surface area contributed by atoms with Gasteiger partial charge in [0.25, 0.3) is 5.69 Å². The highest BCUT2D eigenvalue weighted by Crippen LogP contribution is 2.28. The van der Waals surface area contributed by atoms with Crippen molar-refractivity contribution in [2.24, 2.45) is 5.92 Å². The molecule has 104 valence electrons. The number of benzene rings is 1. The number of rotatable bonds is 8. The number of nitrogens with one attached hydrogen (secondary N) is 1. The first kappa shape index (κ1) is 14.0. The van der Waals surface area contributed by atoms with Crippen LogP contribution in [0, 0.1) is 16.0 Å². The van der Waals surface area contributed by atoms with Crippen LogP contribution in [0.5, 0.6) is 0 Å². The number of nitro benzene ring substituents is 1. The van der Waals surface area contributed by atoms with Gasteiger partial charge in [-0.2, -0.15) is 0 Å². The molecule has 1 N–H and O–H groups in total. The summed E-state index contributed by atoms with van der Waals surface area (Å²) in [5, 5.41) is 14.0. The minimum absolute atomic E-state index is 0.0874. The summed E-state index contributed by atoms with van der Waals surface area (Å²) in [4.78, 5) is 10.3. The van der Waals surface area contributed by atoms with E-state index in [1.165, 1.54) is 18.9 Å². The Morgan fingerprint density at radius 3 is 3.00 bits per heavy atom. The van der Waals surface area contributed by atoms with Crippen molar-refractivity contribution in [2.75, 3.05) is 19.8 Å². The standard InChI is InChI=1S/C14H20N2O3/c1-11(15-7-8-19-10-12-5-6-12)13-3-2-4-14(9-13)16(17)18/h2-4,9,11-12,15H,5-8,10H2,1H3. The van der Waals surface area contributed by atoms with Crippen molar-refractivity contribution in [3.05, 3.63) is 39.9 Å². The maximum atomic E-state index is 10.7. The molecule has 0 heterocycles. The van der Waals surface area contributed by atoms with Gasteiger partial charge in [0.2, 0.25) is 0 Å². The maximum Gasteiger partial charge on any atom is 0.269 e. The third kappa shape index (κ3) is 4.61. The second kappa shape index (κ2) is 6.63. The van der Waals surface area contributed by atoms with Gasteiger partial charge in [-0.15, -0.1) is 0 Å². The molecule has 5 nitrogen and oxygen atoms in total. The van der Waals surface area contributed by atoms with E-state index in [2.05, 4.69) is 5.32 Å². The summed E-state index contributed by atoms with van der Waals surface area (Å²) in [5.74, 6) is 0.786. The zero-order valence-electron chi connectivity index (χ0n) is 11.2. The van der Waals surface area contributed by atoms with E-state index in [-0.39, 0.29) is 16.7 Å². The lowest BCUT2D eigenvalue weighted by Crippen LogP contribution is -2.23. The molecule has 0 bridgehead atoms. The molecule has 1 aromatic carbocycles. The van der Waals surface area contributed by atoms with E-state index in [1.54, 1.807) is 12.1 Å². The fourth-order valence-electron chi connectivity index (χ4n) is 1.91. The van der Waals surface area contributed by atoms with E-state index in [0.29, 0.717) is 6.61 Å². The van der Waals surface area contributed by atoms with Crippen LogP contribution in [0.4, 0.5) is 5.69 Å².